The maximum atomic E-state index is 11.7. The number of aryl methyl sites for hydroxylation is 2. The van der Waals surface area contributed by atoms with Crippen molar-refractivity contribution in [3.63, 3.8) is 0 Å². The Bertz CT molecular complexity index is 407. The lowest BCUT2D eigenvalue weighted by molar-refractivity contribution is -0.118. The van der Waals surface area contributed by atoms with Gasteiger partial charge in [0.15, 0.2) is 5.78 Å². The summed E-state index contributed by atoms with van der Waals surface area (Å²) in [6.07, 6.45) is 2.19. The van der Waals surface area contributed by atoms with Crippen LogP contribution in [-0.2, 0) is 4.79 Å². The topological polar surface area (TPSA) is 20.3 Å². The van der Waals surface area contributed by atoms with Gasteiger partial charge in [-0.3, -0.25) is 4.79 Å². The Hall–Kier alpha value is -1.31. The lowest BCUT2D eigenvalue weighted by atomic mass is 10.1. The summed E-state index contributed by atoms with van der Waals surface area (Å²) in [5.41, 5.74) is 3.67. The number of carbonyl (C=O) groups is 1. The van der Waals surface area contributed by atoms with Crippen LogP contribution in [0.2, 0.25) is 0 Å². The molecule has 2 nitrogen and oxygen atoms in total. The quantitative estimate of drug-likeness (QED) is 0.773. The molecule has 0 spiro atoms. The molecule has 1 saturated carbocycles. The predicted molar refractivity (Wildman–Crippen MR) is 66.9 cm³/mol. The van der Waals surface area contributed by atoms with Gasteiger partial charge in [0.25, 0.3) is 0 Å². The van der Waals surface area contributed by atoms with E-state index in [-0.39, 0.29) is 0 Å². The molecule has 1 aliphatic rings. The second-order valence-electron chi connectivity index (χ2n) is 4.89. The van der Waals surface area contributed by atoms with Crippen LogP contribution in [0.25, 0.3) is 0 Å². The third-order valence-corrected chi connectivity index (χ3v) is 3.19. The van der Waals surface area contributed by atoms with E-state index < -0.39 is 0 Å². The van der Waals surface area contributed by atoms with E-state index in [2.05, 4.69) is 36.9 Å². The molecule has 0 amide bonds. The first-order valence-electron chi connectivity index (χ1n) is 5.89. The summed E-state index contributed by atoms with van der Waals surface area (Å²) < 4.78 is 0. The average Bonchev–Trinajstić information content (AvgIpc) is 2.99. The van der Waals surface area contributed by atoms with Gasteiger partial charge in [-0.2, -0.15) is 0 Å². The molecule has 0 saturated heterocycles. The number of anilines is 1. The zero-order valence-corrected chi connectivity index (χ0v) is 10.3. The van der Waals surface area contributed by atoms with Crippen LogP contribution in [0.1, 0.15) is 24.0 Å². The van der Waals surface area contributed by atoms with Crippen LogP contribution >= 0.6 is 0 Å². The third-order valence-electron chi connectivity index (χ3n) is 3.19. The normalized spacial score (nSPS) is 14.9. The molecular formula is C14H19NO. The summed E-state index contributed by atoms with van der Waals surface area (Å²) in [5, 5.41) is 0. The van der Waals surface area contributed by atoms with E-state index in [0.717, 1.165) is 12.8 Å². The Balaban J connectivity index is 2.07. The van der Waals surface area contributed by atoms with Gasteiger partial charge < -0.3 is 4.90 Å². The standard InChI is InChI=1S/C14H19NO/c1-10-4-7-13(11(2)8-10)15(3)9-14(16)12-5-6-12/h4,7-8,12H,5-6,9H2,1-3H3. The van der Waals surface area contributed by atoms with Crippen molar-refractivity contribution < 1.29 is 4.79 Å². The average molecular weight is 217 g/mol. The highest BCUT2D eigenvalue weighted by molar-refractivity contribution is 5.87. The number of hydrogen-bond acceptors (Lipinski definition) is 2. The first kappa shape index (κ1) is 11.2. The second kappa shape index (κ2) is 4.28. The fraction of sp³-hybridized carbons (Fsp3) is 0.500. The molecule has 1 aromatic rings. The van der Waals surface area contributed by atoms with Crippen LogP contribution in [0.15, 0.2) is 18.2 Å². The van der Waals surface area contributed by atoms with E-state index in [9.17, 15) is 4.79 Å². The zero-order valence-electron chi connectivity index (χ0n) is 10.3. The van der Waals surface area contributed by atoms with Crippen molar-refractivity contribution in [3.8, 4) is 0 Å². The predicted octanol–water partition coefficient (Wildman–Crippen LogP) is 2.72. The number of ketones is 1. The van der Waals surface area contributed by atoms with Crippen molar-refractivity contribution in [2.45, 2.75) is 26.7 Å². The summed E-state index contributed by atoms with van der Waals surface area (Å²) in [5.74, 6) is 0.746. The molecule has 0 bridgehead atoms. The summed E-state index contributed by atoms with van der Waals surface area (Å²) in [7, 11) is 2.00. The van der Waals surface area contributed by atoms with Crippen LogP contribution < -0.4 is 4.90 Å². The number of carbonyl (C=O) groups excluding carboxylic acids is 1. The van der Waals surface area contributed by atoms with E-state index >= 15 is 0 Å². The highest BCUT2D eigenvalue weighted by atomic mass is 16.1. The number of likely N-dealkylation sites (N-methyl/N-ethyl adjacent to an activating group) is 1. The molecule has 2 heteroatoms. The fourth-order valence-electron chi connectivity index (χ4n) is 2.09. The molecule has 0 radical (unpaired) electrons. The number of nitrogens with zero attached hydrogens (tertiary/aromatic N) is 1. The van der Waals surface area contributed by atoms with Gasteiger partial charge in [0.1, 0.15) is 0 Å². The van der Waals surface area contributed by atoms with Crippen LogP contribution in [0.4, 0.5) is 5.69 Å². The second-order valence-corrected chi connectivity index (χ2v) is 4.89. The molecule has 0 N–H and O–H groups in total. The molecule has 1 fully saturated rings. The molecule has 86 valence electrons. The Kier molecular flexibility index (Phi) is 2.99. The third kappa shape index (κ3) is 2.43. The van der Waals surface area contributed by atoms with Gasteiger partial charge in [-0.1, -0.05) is 17.7 Å². The molecule has 0 aromatic heterocycles. The molecule has 1 aliphatic carbocycles. The van der Waals surface area contributed by atoms with Crippen molar-refractivity contribution in [1.29, 1.82) is 0 Å². The SMILES string of the molecule is Cc1ccc(N(C)CC(=O)C2CC2)c(C)c1. The summed E-state index contributed by atoms with van der Waals surface area (Å²) in [6.45, 7) is 4.74. The van der Waals surface area contributed by atoms with Crippen LogP contribution in [0, 0.1) is 19.8 Å². The molecular weight excluding hydrogens is 198 g/mol. The Morgan fingerprint density at radius 1 is 1.38 bits per heavy atom. The van der Waals surface area contributed by atoms with Gasteiger partial charge in [-0.15, -0.1) is 0 Å². The minimum atomic E-state index is 0.355. The summed E-state index contributed by atoms with van der Waals surface area (Å²) >= 11 is 0. The monoisotopic (exact) mass is 217 g/mol. The smallest absolute Gasteiger partial charge is 0.155 e. The zero-order chi connectivity index (χ0) is 11.7. The highest BCUT2D eigenvalue weighted by Gasteiger charge is 2.29. The molecule has 2 rings (SSSR count). The Labute approximate surface area is 97.3 Å². The fourth-order valence-corrected chi connectivity index (χ4v) is 2.09. The maximum absolute atomic E-state index is 11.7. The minimum Gasteiger partial charge on any atom is -0.367 e. The first-order chi connectivity index (χ1) is 7.58. The van der Waals surface area contributed by atoms with Crippen LogP contribution in [-0.4, -0.2) is 19.4 Å². The van der Waals surface area contributed by atoms with Crippen LogP contribution in [0.3, 0.4) is 0 Å². The van der Waals surface area contributed by atoms with Gasteiger partial charge in [-0.25, -0.2) is 0 Å². The number of benzene rings is 1. The van der Waals surface area contributed by atoms with E-state index in [0.29, 0.717) is 18.2 Å². The van der Waals surface area contributed by atoms with Crippen molar-refractivity contribution in [1.82, 2.24) is 0 Å². The van der Waals surface area contributed by atoms with Crippen molar-refractivity contribution in [2.24, 2.45) is 5.92 Å². The van der Waals surface area contributed by atoms with Gasteiger partial charge in [0.05, 0.1) is 6.54 Å². The van der Waals surface area contributed by atoms with Gasteiger partial charge >= 0.3 is 0 Å². The number of rotatable bonds is 4. The molecule has 0 atom stereocenters. The highest BCUT2D eigenvalue weighted by Crippen LogP contribution is 2.30. The van der Waals surface area contributed by atoms with Crippen molar-refractivity contribution in [2.75, 3.05) is 18.5 Å². The molecule has 1 aromatic carbocycles. The van der Waals surface area contributed by atoms with E-state index in [1.54, 1.807) is 0 Å². The van der Waals surface area contributed by atoms with Crippen LogP contribution in [0.5, 0.6) is 0 Å². The van der Waals surface area contributed by atoms with Gasteiger partial charge in [-0.05, 0) is 38.3 Å². The van der Waals surface area contributed by atoms with E-state index in [1.165, 1.54) is 16.8 Å². The lowest BCUT2D eigenvalue weighted by Crippen LogP contribution is -2.27. The van der Waals surface area contributed by atoms with Gasteiger partial charge in [0.2, 0.25) is 0 Å². The minimum absolute atomic E-state index is 0.355. The number of Topliss-reactive ketones (excluding diaryl/α,β-unsaturated/α-hetero) is 1. The Morgan fingerprint density at radius 3 is 2.62 bits per heavy atom. The first-order valence-corrected chi connectivity index (χ1v) is 5.89. The van der Waals surface area contributed by atoms with Gasteiger partial charge in [0, 0.05) is 18.7 Å². The van der Waals surface area contributed by atoms with Crippen molar-refractivity contribution in [3.05, 3.63) is 29.3 Å². The van der Waals surface area contributed by atoms with Crippen molar-refractivity contribution >= 4 is 11.5 Å². The molecule has 16 heavy (non-hydrogen) atoms. The largest absolute Gasteiger partial charge is 0.367 e. The van der Waals surface area contributed by atoms with E-state index in [4.69, 9.17) is 0 Å². The Morgan fingerprint density at radius 2 is 2.06 bits per heavy atom. The summed E-state index contributed by atoms with van der Waals surface area (Å²) in [4.78, 5) is 13.8. The lowest BCUT2D eigenvalue weighted by Gasteiger charge is -2.21. The summed E-state index contributed by atoms with van der Waals surface area (Å²) in [6, 6.07) is 6.36. The molecule has 0 unspecified atom stereocenters. The number of hydrogen-bond donors (Lipinski definition) is 0. The molecule has 0 aliphatic heterocycles. The maximum Gasteiger partial charge on any atom is 0.155 e. The molecule has 0 heterocycles. The van der Waals surface area contributed by atoms with E-state index in [1.807, 2.05) is 7.05 Å².